The molecule has 0 fully saturated rings. The molecule has 1 unspecified atom stereocenters. The standard InChI is InChI=1S/C14H16FN3O2/c1-19-11-3-4-13(20-2)12(6-11)14(18-16)9-5-10(15)8-17-7-9/h3-8,14,18H,16H2,1-2H3. The van der Waals surface area contributed by atoms with E-state index in [0.717, 1.165) is 11.8 Å². The molecule has 106 valence electrons. The van der Waals surface area contributed by atoms with E-state index in [-0.39, 0.29) is 0 Å². The highest BCUT2D eigenvalue weighted by molar-refractivity contribution is 5.45. The number of halogens is 1. The Morgan fingerprint density at radius 3 is 2.60 bits per heavy atom. The maximum atomic E-state index is 13.3. The second kappa shape index (κ2) is 6.31. The smallest absolute Gasteiger partial charge is 0.141 e. The molecule has 2 rings (SSSR count). The highest BCUT2D eigenvalue weighted by Gasteiger charge is 2.18. The summed E-state index contributed by atoms with van der Waals surface area (Å²) >= 11 is 0. The number of hydrogen-bond donors (Lipinski definition) is 2. The lowest BCUT2D eigenvalue weighted by molar-refractivity contribution is 0.394. The van der Waals surface area contributed by atoms with Crippen LogP contribution in [0.15, 0.2) is 36.7 Å². The highest BCUT2D eigenvalue weighted by Crippen LogP contribution is 2.32. The molecule has 0 saturated heterocycles. The predicted molar refractivity (Wildman–Crippen MR) is 72.9 cm³/mol. The molecule has 0 aliphatic rings. The number of benzene rings is 1. The van der Waals surface area contributed by atoms with Gasteiger partial charge in [-0.25, -0.2) is 9.82 Å². The van der Waals surface area contributed by atoms with Crippen molar-refractivity contribution in [1.82, 2.24) is 10.4 Å². The van der Waals surface area contributed by atoms with E-state index in [1.54, 1.807) is 38.6 Å². The van der Waals surface area contributed by atoms with E-state index in [2.05, 4.69) is 10.4 Å². The topological polar surface area (TPSA) is 69.4 Å². The number of rotatable bonds is 5. The minimum Gasteiger partial charge on any atom is -0.497 e. The van der Waals surface area contributed by atoms with Crippen molar-refractivity contribution in [3.8, 4) is 11.5 Å². The third-order valence-electron chi connectivity index (χ3n) is 2.97. The van der Waals surface area contributed by atoms with Gasteiger partial charge in [-0.3, -0.25) is 10.8 Å². The molecule has 2 aromatic rings. The van der Waals surface area contributed by atoms with Crippen LogP contribution in [0.2, 0.25) is 0 Å². The van der Waals surface area contributed by atoms with E-state index in [4.69, 9.17) is 15.3 Å². The van der Waals surface area contributed by atoms with Crippen LogP contribution < -0.4 is 20.7 Å². The summed E-state index contributed by atoms with van der Waals surface area (Å²) < 4.78 is 23.8. The summed E-state index contributed by atoms with van der Waals surface area (Å²) in [5.74, 6) is 6.46. The molecule has 1 atom stereocenters. The molecule has 1 aromatic carbocycles. The molecule has 0 aliphatic heterocycles. The number of nitrogens with two attached hydrogens (primary N) is 1. The molecule has 3 N–H and O–H groups in total. The zero-order valence-electron chi connectivity index (χ0n) is 11.3. The molecule has 0 saturated carbocycles. The molecular formula is C14H16FN3O2. The molecular weight excluding hydrogens is 261 g/mol. The average molecular weight is 277 g/mol. The number of nitrogens with zero attached hydrogens (tertiary/aromatic N) is 1. The highest BCUT2D eigenvalue weighted by atomic mass is 19.1. The SMILES string of the molecule is COc1ccc(OC)c(C(NN)c2cncc(F)c2)c1. The lowest BCUT2D eigenvalue weighted by atomic mass is 9.99. The summed E-state index contributed by atoms with van der Waals surface area (Å²) in [6.45, 7) is 0. The quantitative estimate of drug-likeness (QED) is 0.644. The van der Waals surface area contributed by atoms with E-state index in [0.29, 0.717) is 17.1 Å². The van der Waals surface area contributed by atoms with Gasteiger partial charge in [0.2, 0.25) is 0 Å². The lowest BCUT2D eigenvalue weighted by Gasteiger charge is -2.20. The first-order chi connectivity index (χ1) is 9.69. The molecule has 5 nitrogen and oxygen atoms in total. The van der Waals surface area contributed by atoms with Gasteiger partial charge in [-0.15, -0.1) is 0 Å². The van der Waals surface area contributed by atoms with Crippen molar-refractivity contribution in [2.75, 3.05) is 14.2 Å². The third kappa shape index (κ3) is 2.87. The zero-order valence-corrected chi connectivity index (χ0v) is 11.3. The molecule has 1 heterocycles. The van der Waals surface area contributed by atoms with Crippen LogP contribution in [0, 0.1) is 5.82 Å². The molecule has 0 bridgehead atoms. The first-order valence-corrected chi connectivity index (χ1v) is 5.98. The monoisotopic (exact) mass is 277 g/mol. The van der Waals surface area contributed by atoms with Gasteiger partial charge in [0, 0.05) is 11.8 Å². The fourth-order valence-electron chi connectivity index (χ4n) is 2.02. The third-order valence-corrected chi connectivity index (χ3v) is 2.97. The first-order valence-electron chi connectivity index (χ1n) is 5.98. The fraction of sp³-hybridized carbons (Fsp3) is 0.214. The van der Waals surface area contributed by atoms with E-state index >= 15 is 0 Å². The second-order valence-electron chi connectivity index (χ2n) is 4.14. The minimum atomic E-state index is -0.455. The Labute approximate surface area is 116 Å². The van der Waals surface area contributed by atoms with Crippen molar-refractivity contribution in [3.05, 3.63) is 53.6 Å². The Bertz CT molecular complexity index is 592. The van der Waals surface area contributed by atoms with Gasteiger partial charge >= 0.3 is 0 Å². The van der Waals surface area contributed by atoms with E-state index in [1.165, 1.54) is 6.07 Å². The second-order valence-corrected chi connectivity index (χ2v) is 4.14. The first kappa shape index (κ1) is 14.2. The van der Waals surface area contributed by atoms with Crippen molar-refractivity contribution >= 4 is 0 Å². The van der Waals surface area contributed by atoms with Gasteiger partial charge < -0.3 is 9.47 Å². The maximum absolute atomic E-state index is 13.3. The van der Waals surface area contributed by atoms with Crippen molar-refractivity contribution in [2.24, 2.45) is 5.84 Å². The van der Waals surface area contributed by atoms with Crippen molar-refractivity contribution < 1.29 is 13.9 Å². The summed E-state index contributed by atoms with van der Waals surface area (Å²) in [7, 11) is 3.13. The van der Waals surface area contributed by atoms with Crippen LogP contribution in [-0.4, -0.2) is 19.2 Å². The molecule has 0 aliphatic carbocycles. The van der Waals surface area contributed by atoms with Crippen LogP contribution in [0.3, 0.4) is 0 Å². The Balaban J connectivity index is 2.50. The number of hydrazine groups is 1. The Morgan fingerprint density at radius 1 is 1.20 bits per heavy atom. The molecule has 0 amide bonds. The van der Waals surface area contributed by atoms with Gasteiger partial charge in [-0.1, -0.05) is 0 Å². The van der Waals surface area contributed by atoms with Crippen molar-refractivity contribution in [3.63, 3.8) is 0 Å². The molecule has 0 spiro atoms. The van der Waals surface area contributed by atoms with Gasteiger partial charge in [0.05, 0.1) is 26.5 Å². The number of hydrogen-bond acceptors (Lipinski definition) is 5. The summed E-state index contributed by atoms with van der Waals surface area (Å²) in [5.41, 5.74) is 3.98. The fourth-order valence-corrected chi connectivity index (χ4v) is 2.02. The van der Waals surface area contributed by atoms with Crippen molar-refractivity contribution in [1.29, 1.82) is 0 Å². The Hall–Kier alpha value is -2.18. The lowest BCUT2D eigenvalue weighted by Crippen LogP contribution is -2.29. The van der Waals surface area contributed by atoms with Gasteiger partial charge in [0.15, 0.2) is 0 Å². The van der Waals surface area contributed by atoms with Crippen LogP contribution in [0.25, 0.3) is 0 Å². The molecule has 0 radical (unpaired) electrons. The van der Waals surface area contributed by atoms with Crippen LogP contribution >= 0.6 is 0 Å². The van der Waals surface area contributed by atoms with Gasteiger partial charge in [0.25, 0.3) is 0 Å². The predicted octanol–water partition coefficient (Wildman–Crippen LogP) is 1.79. The number of pyridine rings is 1. The number of methoxy groups -OCH3 is 2. The molecule has 20 heavy (non-hydrogen) atoms. The number of nitrogens with one attached hydrogen (secondary N) is 1. The Morgan fingerprint density at radius 2 is 2.00 bits per heavy atom. The molecule has 6 heteroatoms. The van der Waals surface area contributed by atoms with Crippen LogP contribution in [-0.2, 0) is 0 Å². The largest absolute Gasteiger partial charge is 0.497 e. The van der Waals surface area contributed by atoms with Crippen LogP contribution in [0.4, 0.5) is 4.39 Å². The number of ether oxygens (including phenoxy) is 2. The normalized spacial score (nSPS) is 12.0. The maximum Gasteiger partial charge on any atom is 0.141 e. The van der Waals surface area contributed by atoms with Gasteiger partial charge in [0.1, 0.15) is 17.3 Å². The van der Waals surface area contributed by atoms with Crippen LogP contribution in [0.5, 0.6) is 11.5 Å². The van der Waals surface area contributed by atoms with E-state index in [9.17, 15) is 4.39 Å². The minimum absolute atomic E-state index is 0.426. The zero-order chi connectivity index (χ0) is 14.5. The number of aromatic nitrogens is 1. The van der Waals surface area contributed by atoms with Crippen LogP contribution in [0.1, 0.15) is 17.2 Å². The average Bonchev–Trinajstić information content (AvgIpc) is 2.48. The summed E-state index contributed by atoms with van der Waals surface area (Å²) in [6, 6.07) is 6.25. The van der Waals surface area contributed by atoms with Gasteiger partial charge in [-0.05, 0) is 29.8 Å². The van der Waals surface area contributed by atoms with Crippen molar-refractivity contribution in [2.45, 2.75) is 6.04 Å². The molecule has 1 aromatic heterocycles. The summed E-state index contributed by atoms with van der Waals surface area (Å²) in [5, 5.41) is 0. The summed E-state index contributed by atoms with van der Waals surface area (Å²) in [4.78, 5) is 3.83. The van der Waals surface area contributed by atoms with E-state index < -0.39 is 11.9 Å². The van der Waals surface area contributed by atoms with Gasteiger partial charge in [-0.2, -0.15) is 0 Å². The Kier molecular flexibility index (Phi) is 4.49. The summed E-state index contributed by atoms with van der Waals surface area (Å²) in [6.07, 6.45) is 2.69. The van der Waals surface area contributed by atoms with E-state index in [1.807, 2.05) is 0 Å².